The van der Waals surface area contributed by atoms with Gasteiger partial charge in [-0.2, -0.15) is 0 Å². The number of nitrogens with one attached hydrogen (secondary N) is 1. The average molecular weight is 295 g/mol. The standard InChI is InChI=1S/C16H17N5O/c17-16-19-7-5-12(21-16)11-9-20-15-14(11)13(6-8-18-15)22-10-3-1-2-4-10/h5-10H,1-4H2,(H,18,20)(H2,17,19,21). The van der Waals surface area contributed by atoms with Gasteiger partial charge in [-0.25, -0.2) is 15.0 Å². The minimum atomic E-state index is 0.258. The Bertz CT molecular complexity index is 807. The molecule has 3 aromatic rings. The van der Waals surface area contributed by atoms with Crippen molar-refractivity contribution in [1.82, 2.24) is 19.9 Å². The molecule has 0 aromatic carbocycles. The van der Waals surface area contributed by atoms with Crippen molar-refractivity contribution in [3.63, 3.8) is 0 Å². The minimum Gasteiger partial charge on any atom is -0.490 e. The molecule has 0 spiro atoms. The molecule has 0 atom stereocenters. The number of pyridine rings is 1. The van der Waals surface area contributed by atoms with Gasteiger partial charge in [0.1, 0.15) is 11.4 Å². The van der Waals surface area contributed by atoms with Crippen LogP contribution in [0, 0.1) is 0 Å². The van der Waals surface area contributed by atoms with E-state index < -0.39 is 0 Å². The smallest absolute Gasteiger partial charge is 0.220 e. The molecule has 1 saturated carbocycles. The second-order valence-corrected chi connectivity index (χ2v) is 5.56. The van der Waals surface area contributed by atoms with Gasteiger partial charge in [-0.15, -0.1) is 0 Å². The zero-order chi connectivity index (χ0) is 14.9. The Morgan fingerprint density at radius 3 is 2.77 bits per heavy atom. The van der Waals surface area contributed by atoms with Crippen molar-refractivity contribution >= 4 is 17.0 Å². The van der Waals surface area contributed by atoms with Crippen molar-refractivity contribution in [3.05, 3.63) is 30.7 Å². The molecule has 0 bridgehead atoms. The molecular weight excluding hydrogens is 278 g/mol. The third-order valence-electron chi connectivity index (χ3n) is 4.08. The number of aromatic nitrogens is 4. The van der Waals surface area contributed by atoms with Crippen LogP contribution < -0.4 is 10.5 Å². The van der Waals surface area contributed by atoms with Crippen LogP contribution in [0.25, 0.3) is 22.3 Å². The van der Waals surface area contributed by atoms with Gasteiger partial charge in [0.2, 0.25) is 5.95 Å². The summed E-state index contributed by atoms with van der Waals surface area (Å²) in [6, 6.07) is 3.76. The molecular formula is C16H17N5O. The molecule has 0 radical (unpaired) electrons. The van der Waals surface area contributed by atoms with E-state index in [0.717, 1.165) is 40.9 Å². The van der Waals surface area contributed by atoms with Gasteiger partial charge < -0.3 is 15.5 Å². The molecule has 6 heteroatoms. The number of fused-ring (bicyclic) bond motifs is 1. The summed E-state index contributed by atoms with van der Waals surface area (Å²) < 4.78 is 6.20. The fraction of sp³-hybridized carbons (Fsp3) is 0.312. The van der Waals surface area contributed by atoms with Crippen LogP contribution in [0.4, 0.5) is 5.95 Å². The van der Waals surface area contributed by atoms with Gasteiger partial charge in [0.05, 0.1) is 17.2 Å². The maximum absolute atomic E-state index is 6.20. The highest BCUT2D eigenvalue weighted by Gasteiger charge is 2.20. The molecule has 3 N–H and O–H groups in total. The number of anilines is 1. The van der Waals surface area contributed by atoms with E-state index in [4.69, 9.17) is 10.5 Å². The summed E-state index contributed by atoms with van der Waals surface area (Å²) in [6.07, 6.45) is 10.3. The number of hydrogen-bond acceptors (Lipinski definition) is 5. The predicted molar refractivity (Wildman–Crippen MR) is 84.4 cm³/mol. The summed E-state index contributed by atoms with van der Waals surface area (Å²) >= 11 is 0. The van der Waals surface area contributed by atoms with Gasteiger partial charge in [0, 0.05) is 24.2 Å². The molecule has 0 unspecified atom stereocenters. The number of ether oxygens (including phenoxy) is 1. The molecule has 3 heterocycles. The predicted octanol–water partition coefficient (Wildman–Crippen LogP) is 2.92. The van der Waals surface area contributed by atoms with E-state index in [1.54, 1.807) is 12.4 Å². The lowest BCUT2D eigenvalue weighted by atomic mass is 10.1. The summed E-state index contributed by atoms with van der Waals surface area (Å²) in [4.78, 5) is 15.8. The van der Waals surface area contributed by atoms with Gasteiger partial charge in [-0.05, 0) is 37.8 Å². The first kappa shape index (κ1) is 13.1. The number of rotatable bonds is 3. The van der Waals surface area contributed by atoms with Crippen LogP contribution >= 0.6 is 0 Å². The molecule has 22 heavy (non-hydrogen) atoms. The van der Waals surface area contributed by atoms with Crippen molar-refractivity contribution in [2.75, 3.05) is 5.73 Å². The molecule has 3 aromatic heterocycles. The third-order valence-corrected chi connectivity index (χ3v) is 4.08. The van der Waals surface area contributed by atoms with Gasteiger partial charge >= 0.3 is 0 Å². The fourth-order valence-corrected chi connectivity index (χ4v) is 3.04. The lowest BCUT2D eigenvalue weighted by Crippen LogP contribution is -2.11. The number of aromatic amines is 1. The van der Waals surface area contributed by atoms with Crippen LogP contribution in [0.15, 0.2) is 30.7 Å². The molecule has 0 aliphatic heterocycles. The van der Waals surface area contributed by atoms with Crippen LogP contribution in [-0.2, 0) is 0 Å². The van der Waals surface area contributed by atoms with Crippen LogP contribution in [-0.4, -0.2) is 26.0 Å². The Morgan fingerprint density at radius 2 is 1.95 bits per heavy atom. The summed E-state index contributed by atoms with van der Waals surface area (Å²) in [7, 11) is 0. The first-order valence-corrected chi connectivity index (χ1v) is 7.53. The van der Waals surface area contributed by atoms with Crippen molar-refractivity contribution in [2.24, 2.45) is 0 Å². The van der Waals surface area contributed by atoms with E-state index in [2.05, 4.69) is 19.9 Å². The van der Waals surface area contributed by atoms with E-state index in [1.165, 1.54) is 12.8 Å². The first-order chi connectivity index (χ1) is 10.8. The van der Waals surface area contributed by atoms with E-state index in [-0.39, 0.29) is 5.95 Å². The van der Waals surface area contributed by atoms with E-state index in [1.807, 2.05) is 18.3 Å². The lowest BCUT2D eigenvalue weighted by Gasteiger charge is -2.14. The molecule has 1 fully saturated rings. The lowest BCUT2D eigenvalue weighted by molar-refractivity contribution is 0.212. The highest BCUT2D eigenvalue weighted by atomic mass is 16.5. The number of nitrogens with two attached hydrogens (primary N) is 1. The molecule has 112 valence electrons. The van der Waals surface area contributed by atoms with Crippen LogP contribution in [0.2, 0.25) is 0 Å². The van der Waals surface area contributed by atoms with Gasteiger partial charge in [0.25, 0.3) is 0 Å². The van der Waals surface area contributed by atoms with Crippen LogP contribution in [0.1, 0.15) is 25.7 Å². The van der Waals surface area contributed by atoms with Crippen molar-refractivity contribution in [3.8, 4) is 17.0 Å². The Labute approximate surface area is 127 Å². The molecule has 4 rings (SSSR count). The largest absolute Gasteiger partial charge is 0.490 e. The second-order valence-electron chi connectivity index (χ2n) is 5.56. The monoisotopic (exact) mass is 295 g/mol. The topological polar surface area (TPSA) is 89.7 Å². The van der Waals surface area contributed by atoms with Crippen LogP contribution in [0.5, 0.6) is 5.75 Å². The SMILES string of the molecule is Nc1nccc(-c2c[nH]c3nccc(OC4CCCC4)c23)n1. The summed E-state index contributed by atoms with van der Waals surface area (Å²) in [5.74, 6) is 1.11. The van der Waals surface area contributed by atoms with Crippen molar-refractivity contribution in [1.29, 1.82) is 0 Å². The van der Waals surface area contributed by atoms with E-state index in [0.29, 0.717) is 6.10 Å². The van der Waals surface area contributed by atoms with Gasteiger partial charge in [-0.3, -0.25) is 0 Å². The molecule has 0 saturated heterocycles. The Kier molecular flexibility index (Phi) is 3.14. The Hall–Kier alpha value is -2.63. The van der Waals surface area contributed by atoms with E-state index in [9.17, 15) is 0 Å². The number of H-pyrrole nitrogens is 1. The van der Waals surface area contributed by atoms with Gasteiger partial charge in [0.15, 0.2) is 0 Å². The number of nitrogens with zero attached hydrogens (tertiary/aromatic N) is 3. The average Bonchev–Trinajstić information content (AvgIpc) is 3.17. The van der Waals surface area contributed by atoms with Crippen LogP contribution in [0.3, 0.4) is 0 Å². The summed E-state index contributed by atoms with van der Waals surface area (Å²) in [5, 5.41) is 0.951. The Morgan fingerprint density at radius 1 is 1.14 bits per heavy atom. The highest BCUT2D eigenvalue weighted by Crippen LogP contribution is 2.35. The minimum absolute atomic E-state index is 0.258. The quantitative estimate of drug-likeness (QED) is 0.775. The van der Waals surface area contributed by atoms with Crippen molar-refractivity contribution < 1.29 is 4.74 Å². The van der Waals surface area contributed by atoms with E-state index >= 15 is 0 Å². The normalized spacial score (nSPS) is 15.5. The molecule has 1 aliphatic carbocycles. The number of nitrogen functional groups attached to an aromatic ring is 1. The third kappa shape index (κ3) is 2.26. The zero-order valence-corrected chi connectivity index (χ0v) is 12.1. The van der Waals surface area contributed by atoms with Gasteiger partial charge in [-0.1, -0.05) is 0 Å². The summed E-state index contributed by atoms with van der Waals surface area (Å²) in [5.41, 5.74) is 8.20. The molecule has 1 aliphatic rings. The van der Waals surface area contributed by atoms with Crippen molar-refractivity contribution in [2.45, 2.75) is 31.8 Å². The first-order valence-electron chi connectivity index (χ1n) is 7.53. The molecule has 6 nitrogen and oxygen atoms in total. The maximum Gasteiger partial charge on any atom is 0.220 e. The number of hydrogen-bond donors (Lipinski definition) is 2. The molecule has 0 amide bonds. The zero-order valence-electron chi connectivity index (χ0n) is 12.1. The fourth-order valence-electron chi connectivity index (χ4n) is 3.04. The maximum atomic E-state index is 6.20. The Balaban J connectivity index is 1.82. The highest BCUT2D eigenvalue weighted by molar-refractivity contribution is 5.97. The second kappa shape index (κ2) is 5.29. The summed E-state index contributed by atoms with van der Waals surface area (Å²) in [6.45, 7) is 0.